The van der Waals surface area contributed by atoms with Crippen LogP contribution in [0.4, 0.5) is 0 Å². The van der Waals surface area contributed by atoms with Crippen molar-refractivity contribution in [2.45, 2.75) is 18.7 Å². The Kier molecular flexibility index (Phi) is 4.80. The highest BCUT2D eigenvalue weighted by atomic mass is 79.9. The van der Waals surface area contributed by atoms with Gasteiger partial charge in [-0.2, -0.15) is 5.10 Å². The van der Waals surface area contributed by atoms with E-state index in [1.165, 1.54) is 16.7 Å². The minimum absolute atomic E-state index is 0.164. The molecule has 2 aliphatic heterocycles. The molecule has 0 N–H and O–H groups in total. The second kappa shape index (κ2) is 7.95. The second-order valence-corrected chi connectivity index (χ2v) is 9.07. The zero-order valence-electron chi connectivity index (χ0n) is 17.4. The van der Waals surface area contributed by atoms with E-state index in [2.05, 4.69) is 112 Å². The van der Waals surface area contributed by atoms with Gasteiger partial charge in [-0.15, -0.1) is 0 Å². The molecule has 0 aliphatic carbocycles. The minimum Gasteiger partial charge on any atom is -0.464 e. The first kappa shape index (κ1) is 19.3. The van der Waals surface area contributed by atoms with E-state index in [1.54, 1.807) is 0 Å². The highest BCUT2D eigenvalue weighted by Crippen LogP contribution is 2.47. The molecule has 0 radical (unpaired) electrons. The van der Waals surface area contributed by atoms with Gasteiger partial charge >= 0.3 is 0 Å². The number of hydrazone groups is 1. The Balaban J connectivity index is 1.36. The number of nitrogens with zero attached hydrogens (tertiary/aromatic N) is 2. The van der Waals surface area contributed by atoms with Crippen LogP contribution in [-0.2, 0) is 0 Å². The fraction of sp³-hybridized carbons (Fsp3) is 0.107. The molecule has 4 aromatic carbocycles. The molecule has 32 heavy (non-hydrogen) atoms. The number of fused-ring (bicyclic) bond motifs is 3. The summed E-state index contributed by atoms with van der Waals surface area (Å²) >= 11 is 3.53. The van der Waals surface area contributed by atoms with Gasteiger partial charge in [-0.25, -0.2) is 5.01 Å². The predicted molar refractivity (Wildman–Crippen MR) is 132 cm³/mol. The third-order valence-corrected chi connectivity index (χ3v) is 6.71. The normalized spacial score (nSPS) is 19.0. The van der Waals surface area contributed by atoms with Crippen LogP contribution in [0, 0.1) is 0 Å². The van der Waals surface area contributed by atoms with Gasteiger partial charge in [0, 0.05) is 22.0 Å². The van der Waals surface area contributed by atoms with Gasteiger partial charge < -0.3 is 4.74 Å². The Morgan fingerprint density at radius 3 is 2.16 bits per heavy atom. The molecule has 2 heterocycles. The monoisotopic (exact) mass is 480 g/mol. The summed E-state index contributed by atoms with van der Waals surface area (Å²) in [6.07, 6.45) is 0.613. The van der Waals surface area contributed by atoms with Crippen LogP contribution >= 0.6 is 15.9 Å². The van der Waals surface area contributed by atoms with E-state index < -0.39 is 0 Å². The molecular weight excluding hydrogens is 460 g/mol. The van der Waals surface area contributed by atoms with Gasteiger partial charge in [0.15, 0.2) is 0 Å². The van der Waals surface area contributed by atoms with E-state index in [9.17, 15) is 0 Å². The summed E-state index contributed by atoms with van der Waals surface area (Å²) in [5.74, 6) is 0.942. The van der Waals surface area contributed by atoms with E-state index in [-0.39, 0.29) is 12.3 Å². The molecule has 4 aromatic rings. The Hall–Kier alpha value is -3.37. The average molecular weight is 481 g/mol. The molecule has 156 valence electrons. The molecule has 0 saturated carbocycles. The molecule has 2 atom stereocenters. The summed E-state index contributed by atoms with van der Waals surface area (Å²) < 4.78 is 7.49. The van der Waals surface area contributed by atoms with Crippen molar-refractivity contribution in [2.75, 3.05) is 0 Å². The standard InChI is InChI=1S/C28H21BrN2O/c29-23-16-14-22(15-17-23)28-31-26(24-8-4-5-9-27(24)32-28)18-25(30-31)21-12-10-20(11-13-21)19-6-2-1-3-7-19/h1-17,26,28H,18H2. The van der Waals surface area contributed by atoms with Crippen LogP contribution in [0.5, 0.6) is 5.75 Å². The Morgan fingerprint density at radius 1 is 0.719 bits per heavy atom. The van der Waals surface area contributed by atoms with Gasteiger partial charge in [0.25, 0.3) is 0 Å². The summed E-state index contributed by atoms with van der Waals surface area (Å²) in [4.78, 5) is 0. The number of ether oxygens (including phenoxy) is 1. The lowest BCUT2D eigenvalue weighted by atomic mass is 9.95. The summed E-state index contributed by atoms with van der Waals surface area (Å²) in [6.45, 7) is 0. The molecule has 0 saturated heterocycles. The first-order chi connectivity index (χ1) is 15.8. The van der Waals surface area contributed by atoms with Gasteiger partial charge in [0.1, 0.15) is 5.75 Å². The van der Waals surface area contributed by atoms with Gasteiger partial charge in [0.2, 0.25) is 6.23 Å². The molecule has 6 rings (SSSR count). The highest BCUT2D eigenvalue weighted by molar-refractivity contribution is 9.10. The number of para-hydroxylation sites is 1. The van der Waals surface area contributed by atoms with Gasteiger partial charge in [-0.05, 0) is 34.9 Å². The van der Waals surface area contributed by atoms with Crippen LogP contribution in [0.1, 0.15) is 35.4 Å². The van der Waals surface area contributed by atoms with Crippen molar-refractivity contribution in [2.24, 2.45) is 5.10 Å². The van der Waals surface area contributed by atoms with Crippen LogP contribution in [0.3, 0.4) is 0 Å². The van der Waals surface area contributed by atoms with Crippen molar-refractivity contribution in [3.63, 3.8) is 0 Å². The summed E-state index contributed by atoms with van der Waals surface area (Å²) in [6, 6.07) is 36.0. The number of hydrogen-bond donors (Lipinski definition) is 0. The van der Waals surface area contributed by atoms with E-state index in [1.807, 2.05) is 12.1 Å². The topological polar surface area (TPSA) is 24.8 Å². The summed E-state index contributed by atoms with van der Waals surface area (Å²) in [5.41, 5.74) is 6.98. The Bertz CT molecular complexity index is 1280. The first-order valence-electron chi connectivity index (χ1n) is 10.8. The maximum absolute atomic E-state index is 6.44. The first-order valence-corrected chi connectivity index (χ1v) is 11.6. The van der Waals surface area contributed by atoms with Crippen molar-refractivity contribution >= 4 is 21.6 Å². The summed E-state index contributed by atoms with van der Waals surface area (Å²) in [5, 5.41) is 7.21. The van der Waals surface area contributed by atoms with Crippen LogP contribution in [-0.4, -0.2) is 10.7 Å². The van der Waals surface area contributed by atoms with E-state index in [0.29, 0.717) is 0 Å². The molecule has 4 heteroatoms. The van der Waals surface area contributed by atoms with Crippen LogP contribution < -0.4 is 4.74 Å². The lowest BCUT2D eigenvalue weighted by Crippen LogP contribution is -2.33. The minimum atomic E-state index is -0.246. The molecule has 0 amide bonds. The molecule has 2 unspecified atom stereocenters. The smallest absolute Gasteiger partial charge is 0.213 e. The second-order valence-electron chi connectivity index (χ2n) is 8.15. The third-order valence-electron chi connectivity index (χ3n) is 6.18. The van der Waals surface area contributed by atoms with Gasteiger partial charge in [-0.3, -0.25) is 0 Å². The number of halogens is 1. The fourth-order valence-electron chi connectivity index (χ4n) is 4.54. The van der Waals surface area contributed by atoms with Crippen LogP contribution in [0.15, 0.2) is 113 Å². The SMILES string of the molecule is Brc1ccc(C2Oc3ccccc3C3CC(c4ccc(-c5ccccc5)cc4)=NN32)cc1. The summed E-state index contributed by atoms with van der Waals surface area (Å²) in [7, 11) is 0. The highest BCUT2D eigenvalue weighted by Gasteiger charge is 2.40. The number of hydrogen-bond acceptors (Lipinski definition) is 3. The Morgan fingerprint density at radius 2 is 1.38 bits per heavy atom. The maximum Gasteiger partial charge on any atom is 0.213 e. The van der Waals surface area contributed by atoms with Crippen LogP contribution in [0.25, 0.3) is 11.1 Å². The third kappa shape index (κ3) is 3.41. The quantitative estimate of drug-likeness (QED) is 0.306. The zero-order valence-corrected chi connectivity index (χ0v) is 18.9. The average Bonchev–Trinajstić information content (AvgIpc) is 3.31. The number of benzene rings is 4. The van der Waals surface area contributed by atoms with E-state index >= 15 is 0 Å². The zero-order chi connectivity index (χ0) is 21.5. The van der Waals surface area contributed by atoms with Crippen LogP contribution in [0.2, 0.25) is 0 Å². The van der Waals surface area contributed by atoms with Crippen molar-refractivity contribution in [3.8, 4) is 16.9 Å². The molecule has 0 spiro atoms. The lowest BCUT2D eigenvalue weighted by Gasteiger charge is -2.38. The van der Waals surface area contributed by atoms with Crippen molar-refractivity contribution in [1.29, 1.82) is 0 Å². The van der Waals surface area contributed by atoms with Gasteiger partial charge in [-0.1, -0.05) is 101 Å². The lowest BCUT2D eigenvalue weighted by molar-refractivity contribution is -0.0190. The predicted octanol–water partition coefficient (Wildman–Crippen LogP) is 7.36. The number of rotatable bonds is 3. The van der Waals surface area contributed by atoms with Gasteiger partial charge in [0.05, 0.1) is 11.8 Å². The molecule has 0 fully saturated rings. The molecular formula is C28H21BrN2O. The maximum atomic E-state index is 6.44. The molecule has 0 aromatic heterocycles. The van der Waals surface area contributed by atoms with Crippen molar-refractivity contribution < 1.29 is 4.74 Å². The molecule has 3 nitrogen and oxygen atoms in total. The largest absolute Gasteiger partial charge is 0.464 e. The van der Waals surface area contributed by atoms with Crippen molar-refractivity contribution in [3.05, 3.63) is 124 Å². The van der Waals surface area contributed by atoms with E-state index in [4.69, 9.17) is 9.84 Å². The van der Waals surface area contributed by atoms with E-state index in [0.717, 1.165) is 33.5 Å². The molecule has 2 aliphatic rings. The molecule has 0 bridgehead atoms. The van der Waals surface area contributed by atoms with Crippen molar-refractivity contribution in [1.82, 2.24) is 5.01 Å². The fourth-order valence-corrected chi connectivity index (χ4v) is 4.81. The Labute approximate surface area is 196 Å².